The number of aromatic nitrogens is 2. The smallest absolute Gasteiger partial charge is 0.237 e. The maximum atomic E-state index is 8.96. The van der Waals surface area contributed by atoms with Gasteiger partial charge in [-0.1, -0.05) is 18.2 Å². The first-order valence-corrected chi connectivity index (χ1v) is 5.42. The third kappa shape index (κ3) is 2.81. The van der Waals surface area contributed by atoms with Crippen LogP contribution in [0, 0.1) is 11.3 Å². The van der Waals surface area contributed by atoms with E-state index in [2.05, 4.69) is 9.97 Å². The Bertz CT molecular complexity index is 561. The number of hydrogen-bond acceptors (Lipinski definition) is 5. The lowest BCUT2D eigenvalue weighted by Crippen LogP contribution is -1.97. The number of aliphatic hydroxyl groups is 1. The normalized spacial score (nSPS) is 9.78. The lowest BCUT2D eigenvalue weighted by Gasteiger charge is -2.08. The van der Waals surface area contributed by atoms with Crippen molar-refractivity contribution in [1.29, 1.82) is 5.26 Å². The predicted molar refractivity (Wildman–Crippen MR) is 64.1 cm³/mol. The van der Waals surface area contributed by atoms with E-state index in [4.69, 9.17) is 15.1 Å². The zero-order chi connectivity index (χ0) is 12.8. The van der Waals surface area contributed by atoms with Gasteiger partial charge in [-0.25, -0.2) is 9.97 Å². The summed E-state index contributed by atoms with van der Waals surface area (Å²) in [5, 5.41) is 17.6. The first-order valence-electron chi connectivity index (χ1n) is 5.42. The Kier molecular flexibility index (Phi) is 3.84. The van der Waals surface area contributed by atoms with E-state index in [1.165, 1.54) is 12.4 Å². The summed E-state index contributed by atoms with van der Waals surface area (Å²) in [4.78, 5) is 7.85. The second-order valence-corrected chi connectivity index (χ2v) is 3.54. The van der Waals surface area contributed by atoms with Crippen molar-refractivity contribution in [3.8, 4) is 17.7 Å². The van der Waals surface area contributed by atoms with Crippen molar-refractivity contribution in [2.75, 3.05) is 6.61 Å². The van der Waals surface area contributed by atoms with E-state index in [0.29, 0.717) is 18.1 Å². The highest BCUT2D eigenvalue weighted by atomic mass is 16.5. The van der Waals surface area contributed by atoms with Gasteiger partial charge < -0.3 is 9.84 Å². The van der Waals surface area contributed by atoms with Gasteiger partial charge in [0.25, 0.3) is 0 Å². The fourth-order valence-electron chi connectivity index (χ4n) is 1.47. The molecule has 0 aliphatic carbocycles. The topological polar surface area (TPSA) is 79.0 Å². The van der Waals surface area contributed by atoms with Crippen LogP contribution in [0.25, 0.3) is 0 Å². The van der Waals surface area contributed by atoms with Gasteiger partial charge in [0.05, 0.1) is 12.4 Å². The van der Waals surface area contributed by atoms with Crippen molar-refractivity contribution in [2.45, 2.75) is 6.42 Å². The Hall–Kier alpha value is -2.45. The fraction of sp³-hybridized carbons (Fsp3) is 0.154. The van der Waals surface area contributed by atoms with Crippen molar-refractivity contribution in [3.05, 3.63) is 47.9 Å². The highest BCUT2D eigenvalue weighted by molar-refractivity contribution is 5.36. The first kappa shape index (κ1) is 12.0. The quantitative estimate of drug-likeness (QED) is 0.880. The van der Waals surface area contributed by atoms with Gasteiger partial charge in [0.1, 0.15) is 11.8 Å². The van der Waals surface area contributed by atoms with E-state index >= 15 is 0 Å². The highest BCUT2D eigenvalue weighted by Crippen LogP contribution is 2.23. The van der Waals surface area contributed by atoms with Crippen LogP contribution in [0.1, 0.15) is 11.3 Å². The maximum absolute atomic E-state index is 8.96. The van der Waals surface area contributed by atoms with Crippen molar-refractivity contribution in [2.24, 2.45) is 0 Å². The number of benzene rings is 1. The highest BCUT2D eigenvalue weighted by Gasteiger charge is 2.05. The summed E-state index contributed by atoms with van der Waals surface area (Å²) in [5.41, 5.74) is 1.14. The zero-order valence-electron chi connectivity index (χ0n) is 9.58. The van der Waals surface area contributed by atoms with Gasteiger partial charge >= 0.3 is 0 Å². The summed E-state index contributed by atoms with van der Waals surface area (Å²) in [6.07, 6.45) is 3.26. The average Bonchev–Trinajstić information content (AvgIpc) is 2.42. The molecule has 1 N–H and O–H groups in total. The molecule has 0 bridgehead atoms. The largest absolute Gasteiger partial charge is 0.437 e. The Morgan fingerprint density at radius 1 is 1.22 bits per heavy atom. The van der Waals surface area contributed by atoms with Crippen LogP contribution in [-0.2, 0) is 6.42 Å². The van der Waals surface area contributed by atoms with Crippen LogP contribution < -0.4 is 4.74 Å². The summed E-state index contributed by atoms with van der Waals surface area (Å²) in [6.45, 7) is 0.0550. The van der Waals surface area contributed by atoms with Gasteiger partial charge in [0, 0.05) is 6.61 Å². The molecule has 1 heterocycles. The SMILES string of the molecule is N#Cc1cnc(Oc2ccccc2CCO)cn1. The van der Waals surface area contributed by atoms with Crippen LogP contribution in [0.15, 0.2) is 36.7 Å². The molecule has 90 valence electrons. The lowest BCUT2D eigenvalue weighted by molar-refractivity contribution is 0.297. The molecule has 1 aromatic carbocycles. The molecule has 0 radical (unpaired) electrons. The molecule has 0 fully saturated rings. The van der Waals surface area contributed by atoms with Crippen LogP contribution in [0.4, 0.5) is 0 Å². The third-order valence-corrected chi connectivity index (χ3v) is 2.31. The van der Waals surface area contributed by atoms with E-state index in [9.17, 15) is 0 Å². The summed E-state index contributed by atoms with van der Waals surface area (Å²) in [7, 11) is 0. The van der Waals surface area contributed by atoms with E-state index in [1.54, 1.807) is 6.07 Å². The third-order valence-electron chi connectivity index (χ3n) is 2.31. The van der Waals surface area contributed by atoms with E-state index in [0.717, 1.165) is 5.56 Å². The Morgan fingerprint density at radius 2 is 2.06 bits per heavy atom. The van der Waals surface area contributed by atoms with Gasteiger partial charge in [-0.3, -0.25) is 0 Å². The van der Waals surface area contributed by atoms with Crippen molar-refractivity contribution in [1.82, 2.24) is 9.97 Å². The molecule has 1 aromatic heterocycles. The van der Waals surface area contributed by atoms with Gasteiger partial charge in [-0.15, -0.1) is 0 Å². The fourth-order valence-corrected chi connectivity index (χ4v) is 1.47. The Labute approximate surface area is 104 Å². The first-order chi connectivity index (χ1) is 8.83. The average molecular weight is 241 g/mol. The van der Waals surface area contributed by atoms with E-state index in [-0.39, 0.29) is 12.3 Å². The molecule has 0 atom stereocenters. The Morgan fingerprint density at radius 3 is 2.72 bits per heavy atom. The minimum Gasteiger partial charge on any atom is -0.437 e. The van der Waals surface area contributed by atoms with Crippen LogP contribution in [0.3, 0.4) is 0 Å². The number of rotatable bonds is 4. The number of hydrogen-bond donors (Lipinski definition) is 1. The van der Waals surface area contributed by atoms with Crippen LogP contribution in [0.5, 0.6) is 11.6 Å². The summed E-state index contributed by atoms with van der Waals surface area (Å²) in [6, 6.07) is 9.28. The van der Waals surface area contributed by atoms with Gasteiger partial charge in [-0.05, 0) is 18.1 Å². The predicted octanol–water partition coefficient (Wildman–Crippen LogP) is 1.68. The van der Waals surface area contributed by atoms with Crippen LogP contribution in [-0.4, -0.2) is 21.7 Å². The summed E-state index contributed by atoms with van der Waals surface area (Å²) in [5.74, 6) is 0.949. The van der Waals surface area contributed by atoms with Crippen molar-refractivity contribution < 1.29 is 9.84 Å². The second-order valence-electron chi connectivity index (χ2n) is 3.54. The molecule has 0 unspecified atom stereocenters. The van der Waals surface area contributed by atoms with Gasteiger partial charge in [-0.2, -0.15) is 5.26 Å². The molecule has 5 heteroatoms. The monoisotopic (exact) mass is 241 g/mol. The number of nitrogens with zero attached hydrogens (tertiary/aromatic N) is 3. The molecule has 0 aliphatic rings. The minimum absolute atomic E-state index is 0.0550. The van der Waals surface area contributed by atoms with Gasteiger partial charge in [0.15, 0.2) is 5.69 Å². The molecule has 0 spiro atoms. The van der Waals surface area contributed by atoms with Gasteiger partial charge in [0.2, 0.25) is 5.88 Å². The number of ether oxygens (including phenoxy) is 1. The Balaban J connectivity index is 2.20. The maximum Gasteiger partial charge on any atom is 0.237 e. The molecule has 2 aromatic rings. The summed E-state index contributed by atoms with van der Waals surface area (Å²) < 4.78 is 5.57. The second kappa shape index (κ2) is 5.75. The molecule has 0 amide bonds. The van der Waals surface area contributed by atoms with Crippen LogP contribution >= 0.6 is 0 Å². The molecule has 5 nitrogen and oxygen atoms in total. The molecule has 0 saturated heterocycles. The molecular weight excluding hydrogens is 230 g/mol. The number of aliphatic hydroxyl groups excluding tert-OH is 1. The molecule has 0 saturated carbocycles. The lowest BCUT2D eigenvalue weighted by atomic mass is 10.1. The number of nitriles is 1. The molecule has 0 aliphatic heterocycles. The number of para-hydroxylation sites is 1. The van der Waals surface area contributed by atoms with E-state index < -0.39 is 0 Å². The van der Waals surface area contributed by atoms with Crippen molar-refractivity contribution >= 4 is 0 Å². The van der Waals surface area contributed by atoms with E-state index in [1.807, 2.05) is 24.3 Å². The molecule has 2 rings (SSSR count). The zero-order valence-corrected chi connectivity index (χ0v) is 9.58. The summed E-state index contributed by atoms with van der Waals surface area (Å²) >= 11 is 0. The molecular formula is C13H11N3O2. The molecule has 18 heavy (non-hydrogen) atoms. The standard InChI is InChI=1S/C13H11N3O2/c14-7-11-8-16-13(9-15-11)18-12-4-2-1-3-10(12)5-6-17/h1-4,8-9,17H,5-6H2. The minimum atomic E-state index is 0.0550. The van der Waals surface area contributed by atoms with Crippen LogP contribution in [0.2, 0.25) is 0 Å². The van der Waals surface area contributed by atoms with Crippen molar-refractivity contribution in [3.63, 3.8) is 0 Å².